The van der Waals surface area contributed by atoms with Gasteiger partial charge < -0.3 is 10.2 Å². The number of likely N-dealkylation sites (tertiary alicyclic amines) is 1. The second kappa shape index (κ2) is 6.40. The molecule has 0 saturated carbocycles. The molecule has 0 spiro atoms. The summed E-state index contributed by atoms with van der Waals surface area (Å²) in [4.78, 5) is 14.0. The monoisotopic (exact) mass is 274 g/mol. The Morgan fingerprint density at radius 3 is 2.70 bits per heavy atom. The number of likely N-dealkylation sites (N-methyl/N-ethyl adjacent to an activating group) is 1. The first-order valence-corrected chi connectivity index (χ1v) is 7.59. The van der Waals surface area contributed by atoms with Gasteiger partial charge in [-0.1, -0.05) is 37.6 Å². The van der Waals surface area contributed by atoms with Gasteiger partial charge in [-0.15, -0.1) is 0 Å². The zero-order chi connectivity index (χ0) is 14.7. The maximum absolute atomic E-state index is 12.0. The van der Waals surface area contributed by atoms with E-state index in [9.17, 15) is 4.79 Å². The van der Waals surface area contributed by atoms with E-state index in [2.05, 4.69) is 51.2 Å². The first kappa shape index (κ1) is 15.0. The smallest absolute Gasteiger partial charge is 0.222 e. The molecule has 20 heavy (non-hydrogen) atoms. The van der Waals surface area contributed by atoms with Crippen LogP contribution in [0.25, 0.3) is 0 Å². The number of nitrogens with one attached hydrogen (secondary N) is 1. The van der Waals surface area contributed by atoms with Crippen LogP contribution in [0.3, 0.4) is 0 Å². The Morgan fingerprint density at radius 1 is 1.40 bits per heavy atom. The van der Waals surface area contributed by atoms with E-state index < -0.39 is 0 Å². The highest BCUT2D eigenvalue weighted by Crippen LogP contribution is 2.24. The molecular formula is C17H26N2O. The summed E-state index contributed by atoms with van der Waals surface area (Å²) in [6.45, 7) is 11.1. The van der Waals surface area contributed by atoms with Gasteiger partial charge in [0.25, 0.3) is 0 Å². The zero-order valence-electron chi connectivity index (χ0n) is 13.1. The van der Waals surface area contributed by atoms with Crippen LogP contribution < -0.4 is 5.32 Å². The molecule has 2 rings (SSSR count). The molecule has 3 nitrogen and oxygen atoms in total. The number of carbonyl (C=O) groups is 1. The molecule has 0 bridgehead atoms. The van der Waals surface area contributed by atoms with Crippen molar-refractivity contribution < 1.29 is 4.79 Å². The van der Waals surface area contributed by atoms with Gasteiger partial charge in [0.2, 0.25) is 5.91 Å². The van der Waals surface area contributed by atoms with Crippen molar-refractivity contribution in [1.29, 1.82) is 0 Å². The standard InChI is InChI=1S/C17H26N2O/c1-5-18-16(11-19-10-13(3)9-17(19)20)15-7-6-12(2)8-14(15)4/h6-8,13,16,18H,5,9-11H2,1-4H3. The second-order valence-electron chi connectivity index (χ2n) is 6.08. The number of amides is 1. The normalized spacial score (nSPS) is 20.5. The van der Waals surface area contributed by atoms with Crippen molar-refractivity contribution in [2.24, 2.45) is 5.92 Å². The van der Waals surface area contributed by atoms with Gasteiger partial charge in [-0.05, 0) is 37.4 Å². The molecule has 0 aromatic heterocycles. The Kier molecular flexibility index (Phi) is 4.81. The summed E-state index contributed by atoms with van der Waals surface area (Å²) in [6, 6.07) is 6.80. The van der Waals surface area contributed by atoms with Crippen molar-refractivity contribution >= 4 is 5.91 Å². The third-order valence-corrected chi connectivity index (χ3v) is 4.06. The molecule has 0 radical (unpaired) electrons. The molecular weight excluding hydrogens is 248 g/mol. The fourth-order valence-corrected chi connectivity index (χ4v) is 3.10. The Hall–Kier alpha value is -1.35. The van der Waals surface area contributed by atoms with Gasteiger partial charge >= 0.3 is 0 Å². The molecule has 1 aromatic rings. The van der Waals surface area contributed by atoms with E-state index in [1.807, 2.05) is 4.90 Å². The third-order valence-electron chi connectivity index (χ3n) is 4.06. The van der Waals surface area contributed by atoms with E-state index in [1.165, 1.54) is 16.7 Å². The SMILES string of the molecule is CCNC(CN1CC(C)CC1=O)c1ccc(C)cc1C. The van der Waals surface area contributed by atoms with E-state index in [-0.39, 0.29) is 6.04 Å². The summed E-state index contributed by atoms with van der Waals surface area (Å²) in [6.07, 6.45) is 0.700. The van der Waals surface area contributed by atoms with Crippen LogP contribution >= 0.6 is 0 Å². The number of benzene rings is 1. The van der Waals surface area contributed by atoms with Gasteiger partial charge in [-0.25, -0.2) is 0 Å². The van der Waals surface area contributed by atoms with E-state index in [4.69, 9.17) is 0 Å². The van der Waals surface area contributed by atoms with Gasteiger partial charge in [0, 0.05) is 19.5 Å². The van der Waals surface area contributed by atoms with E-state index in [0.717, 1.165) is 19.6 Å². The van der Waals surface area contributed by atoms with Crippen LogP contribution in [0.2, 0.25) is 0 Å². The quantitative estimate of drug-likeness (QED) is 0.895. The molecule has 110 valence electrons. The van der Waals surface area contributed by atoms with Crippen LogP contribution in [0.5, 0.6) is 0 Å². The van der Waals surface area contributed by atoms with Crippen molar-refractivity contribution in [2.45, 2.75) is 40.2 Å². The van der Waals surface area contributed by atoms with Crippen molar-refractivity contribution in [2.75, 3.05) is 19.6 Å². The number of hydrogen-bond acceptors (Lipinski definition) is 2. The van der Waals surface area contributed by atoms with Crippen LogP contribution in [-0.4, -0.2) is 30.4 Å². The maximum atomic E-state index is 12.0. The van der Waals surface area contributed by atoms with Crippen LogP contribution in [0.4, 0.5) is 0 Å². The third kappa shape index (κ3) is 3.40. The lowest BCUT2D eigenvalue weighted by Gasteiger charge is -2.26. The van der Waals surface area contributed by atoms with Crippen molar-refractivity contribution in [3.8, 4) is 0 Å². The Morgan fingerprint density at radius 2 is 2.15 bits per heavy atom. The summed E-state index contributed by atoms with van der Waals surface area (Å²) >= 11 is 0. The number of nitrogens with zero attached hydrogens (tertiary/aromatic N) is 1. The van der Waals surface area contributed by atoms with E-state index in [0.29, 0.717) is 18.2 Å². The summed E-state index contributed by atoms with van der Waals surface area (Å²) in [5, 5.41) is 3.53. The van der Waals surface area contributed by atoms with Crippen LogP contribution in [0, 0.1) is 19.8 Å². The van der Waals surface area contributed by atoms with Gasteiger partial charge in [0.05, 0.1) is 6.04 Å². The minimum Gasteiger partial charge on any atom is -0.340 e. The minimum absolute atomic E-state index is 0.231. The number of hydrogen-bond donors (Lipinski definition) is 1. The van der Waals surface area contributed by atoms with Gasteiger partial charge in [0.1, 0.15) is 0 Å². The molecule has 1 saturated heterocycles. The Balaban J connectivity index is 2.16. The zero-order valence-corrected chi connectivity index (χ0v) is 13.1. The fourth-order valence-electron chi connectivity index (χ4n) is 3.10. The molecule has 1 aromatic carbocycles. The largest absolute Gasteiger partial charge is 0.340 e. The first-order valence-electron chi connectivity index (χ1n) is 7.59. The lowest BCUT2D eigenvalue weighted by molar-refractivity contribution is -0.128. The molecule has 3 heteroatoms. The van der Waals surface area contributed by atoms with Crippen molar-refractivity contribution in [3.63, 3.8) is 0 Å². The molecule has 1 heterocycles. The van der Waals surface area contributed by atoms with Crippen LogP contribution in [0.1, 0.15) is 43.0 Å². The average molecular weight is 274 g/mol. The van der Waals surface area contributed by atoms with Crippen molar-refractivity contribution in [3.05, 3.63) is 34.9 Å². The Labute approximate surface area is 122 Å². The Bertz CT molecular complexity index is 484. The fraction of sp³-hybridized carbons (Fsp3) is 0.588. The van der Waals surface area contributed by atoms with Gasteiger partial charge in [-0.3, -0.25) is 4.79 Å². The second-order valence-corrected chi connectivity index (χ2v) is 6.08. The highest BCUT2D eigenvalue weighted by atomic mass is 16.2. The molecule has 1 aliphatic rings. The van der Waals surface area contributed by atoms with Gasteiger partial charge in [-0.2, -0.15) is 0 Å². The molecule has 0 aliphatic carbocycles. The average Bonchev–Trinajstić information content (AvgIpc) is 2.67. The van der Waals surface area contributed by atoms with E-state index >= 15 is 0 Å². The lowest BCUT2D eigenvalue weighted by Crippen LogP contribution is -2.36. The van der Waals surface area contributed by atoms with Gasteiger partial charge in [0.15, 0.2) is 0 Å². The highest BCUT2D eigenvalue weighted by molar-refractivity contribution is 5.78. The molecule has 1 amide bonds. The predicted octanol–water partition coefficient (Wildman–Crippen LogP) is 2.82. The van der Waals surface area contributed by atoms with Crippen LogP contribution in [-0.2, 0) is 4.79 Å². The maximum Gasteiger partial charge on any atom is 0.222 e. The highest BCUT2D eigenvalue weighted by Gasteiger charge is 2.28. The summed E-state index contributed by atoms with van der Waals surface area (Å²) in [5.41, 5.74) is 3.90. The molecule has 1 N–H and O–H groups in total. The minimum atomic E-state index is 0.231. The summed E-state index contributed by atoms with van der Waals surface area (Å²) in [5.74, 6) is 0.786. The number of carbonyl (C=O) groups excluding carboxylic acids is 1. The molecule has 2 unspecified atom stereocenters. The number of rotatable bonds is 5. The molecule has 2 atom stereocenters. The predicted molar refractivity (Wildman–Crippen MR) is 82.7 cm³/mol. The van der Waals surface area contributed by atoms with Crippen LogP contribution in [0.15, 0.2) is 18.2 Å². The van der Waals surface area contributed by atoms with E-state index in [1.54, 1.807) is 0 Å². The number of aryl methyl sites for hydroxylation is 2. The van der Waals surface area contributed by atoms with Crippen molar-refractivity contribution in [1.82, 2.24) is 10.2 Å². The molecule has 1 fully saturated rings. The molecule has 1 aliphatic heterocycles. The first-order chi connectivity index (χ1) is 9.51. The summed E-state index contributed by atoms with van der Waals surface area (Å²) in [7, 11) is 0. The topological polar surface area (TPSA) is 32.3 Å². The summed E-state index contributed by atoms with van der Waals surface area (Å²) < 4.78 is 0. The lowest BCUT2D eigenvalue weighted by atomic mass is 9.98.